The molecule has 4 rings (SSSR count). The van der Waals surface area contributed by atoms with Crippen molar-refractivity contribution >= 4 is 29.5 Å². The number of carbonyl (C=O) groups is 1. The molecule has 0 spiro atoms. The third-order valence-corrected chi connectivity index (χ3v) is 7.05. The number of hydrogen-bond donors (Lipinski definition) is 2. The van der Waals surface area contributed by atoms with Crippen LogP contribution in [0.15, 0.2) is 30.3 Å². The molecule has 4 unspecified atom stereocenters. The number of Topliss-reactive ketones (excluding diaryl/α,β-unsaturated/α-hetero) is 1. The quantitative estimate of drug-likeness (QED) is 0.652. The molecule has 1 aromatic carbocycles. The number of aliphatic hydroxyl groups excluding tert-OH is 1. The summed E-state index contributed by atoms with van der Waals surface area (Å²) in [5.41, 5.74) is 0.105. The van der Waals surface area contributed by atoms with Crippen molar-refractivity contribution in [2.24, 2.45) is 5.92 Å². The smallest absolute Gasteiger partial charge is 0.416 e. The summed E-state index contributed by atoms with van der Waals surface area (Å²) in [5, 5.41) is 13.9. The number of ether oxygens (including phenoxy) is 1. The van der Waals surface area contributed by atoms with Crippen molar-refractivity contribution in [1.29, 1.82) is 0 Å². The van der Waals surface area contributed by atoms with Crippen LogP contribution in [0.25, 0.3) is 0 Å². The molecule has 1 aromatic heterocycles. The van der Waals surface area contributed by atoms with Gasteiger partial charge in [-0.25, -0.2) is 0 Å². The van der Waals surface area contributed by atoms with Gasteiger partial charge in [0.05, 0.1) is 5.56 Å². The number of halogens is 4. The molecular weight excluding hydrogens is 451 g/mol. The van der Waals surface area contributed by atoms with Gasteiger partial charge in [-0.05, 0) is 62.9 Å². The van der Waals surface area contributed by atoms with Gasteiger partial charge in [0.15, 0.2) is 5.78 Å². The van der Waals surface area contributed by atoms with Crippen molar-refractivity contribution in [3.63, 3.8) is 0 Å². The molecule has 0 saturated heterocycles. The van der Waals surface area contributed by atoms with Crippen LogP contribution in [0.3, 0.4) is 0 Å². The summed E-state index contributed by atoms with van der Waals surface area (Å²) in [6, 6.07) is 6.26. The van der Waals surface area contributed by atoms with E-state index in [0.29, 0.717) is 25.1 Å². The molecular formula is C22H25ClF3NO3S. The molecule has 4 atom stereocenters. The van der Waals surface area contributed by atoms with Crippen LogP contribution in [0.5, 0.6) is 5.75 Å². The topological polar surface area (TPSA) is 58.6 Å². The predicted molar refractivity (Wildman–Crippen MR) is 115 cm³/mol. The number of nitrogens with one attached hydrogen (secondary N) is 1. The van der Waals surface area contributed by atoms with Gasteiger partial charge in [0.1, 0.15) is 18.0 Å². The second kappa shape index (κ2) is 9.48. The van der Waals surface area contributed by atoms with E-state index in [2.05, 4.69) is 5.32 Å². The summed E-state index contributed by atoms with van der Waals surface area (Å²) in [7, 11) is 0. The van der Waals surface area contributed by atoms with Crippen molar-refractivity contribution in [2.45, 2.75) is 57.0 Å². The Kier molecular flexibility index (Phi) is 7.35. The fourth-order valence-electron chi connectivity index (χ4n) is 4.29. The third-order valence-electron chi connectivity index (χ3n) is 5.94. The summed E-state index contributed by atoms with van der Waals surface area (Å²) in [5.74, 6) is 0.363. The highest BCUT2D eigenvalue weighted by atomic mass is 35.5. The van der Waals surface area contributed by atoms with E-state index in [-0.39, 0.29) is 30.2 Å². The Morgan fingerprint density at radius 2 is 1.90 bits per heavy atom. The van der Waals surface area contributed by atoms with E-state index in [4.69, 9.17) is 4.74 Å². The molecule has 9 heteroatoms. The molecule has 0 aliphatic heterocycles. The summed E-state index contributed by atoms with van der Waals surface area (Å²) >= 11 is 1.68. The molecule has 2 N–H and O–H groups in total. The highest BCUT2D eigenvalue weighted by molar-refractivity contribution is 7.12. The van der Waals surface area contributed by atoms with Crippen LogP contribution in [0, 0.1) is 12.8 Å². The van der Waals surface area contributed by atoms with Gasteiger partial charge in [0.25, 0.3) is 0 Å². The number of rotatable bonds is 5. The number of thiophene rings is 1. The van der Waals surface area contributed by atoms with Crippen LogP contribution in [-0.2, 0) is 12.6 Å². The Balaban J connectivity index is 0.00000272. The van der Waals surface area contributed by atoms with Crippen molar-refractivity contribution < 1.29 is 27.8 Å². The molecule has 1 fully saturated rings. The maximum Gasteiger partial charge on any atom is 0.416 e. The molecule has 2 aliphatic rings. The molecule has 170 valence electrons. The second-order valence-electron chi connectivity index (χ2n) is 8.05. The molecule has 2 aliphatic carbocycles. The zero-order valence-electron chi connectivity index (χ0n) is 16.9. The zero-order valence-corrected chi connectivity index (χ0v) is 18.6. The molecule has 1 heterocycles. The van der Waals surface area contributed by atoms with Gasteiger partial charge < -0.3 is 15.2 Å². The number of hydrogen-bond acceptors (Lipinski definition) is 5. The minimum Gasteiger partial charge on any atom is -0.488 e. The molecule has 31 heavy (non-hydrogen) atoms. The van der Waals surface area contributed by atoms with Crippen molar-refractivity contribution in [1.82, 2.24) is 5.32 Å². The van der Waals surface area contributed by atoms with Crippen LogP contribution in [-0.4, -0.2) is 35.7 Å². The summed E-state index contributed by atoms with van der Waals surface area (Å²) in [4.78, 5) is 15.0. The molecule has 1 saturated carbocycles. The van der Waals surface area contributed by atoms with E-state index >= 15 is 0 Å². The fourth-order valence-corrected chi connectivity index (χ4v) is 5.35. The average Bonchev–Trinajstić information content (AvgIpc) is 3.24. The van der Waals surface area contributed by atoms with E-state index < -0.39 is 23.9 Å². The van der Waals surface area contributed by atoms with Crippen LogP contribution < -0.4 is 10.1 Å². The third kappa shape index (κ3) is 5.25. The minimum absolute atomic E-state index is 0. The van der Waals surface area contributed by atoms with Gasteiger partial charge in [0, 0.05) is 33.8 Å². The lowest BCUT2D eigenvalue weighted by molar-refractivity contribution is -0.137. The predicted octanol–water partition coefficient (Wildman–Crippen LogP) is 4.80. The first-order valence-electron chi connectivity index (χ1n) is 10.1. The van der Waals surface area contributed by atoms with Gasteiger partial charge in [-0.2, -0.15) is 13.2 Å². The largest absolute Gasteiger partial charge is 0.488 e. The first-order chi connectivity index (χ1) is 14.2. The average molecular weight is 476 g/mol. The maximum absolute atomic E-state index is 12.7. The van der Waals surface area contributed by atoms with Gasteiger partial charge in [-0.1, -0.05) is 0 Å². The number of ketones is 1. The first kappa shape index (κ1) is 24.0. The fraction of sp³-hybridized carbons (Fsp3) is 0.500. The van der Waals surface area contributed by atoms with Gasteiger partial charge in [-0.15, -0.1) is 23.7 Å². The molecule has 0 radical (unpaired) electrons. The molecule has 0 bridgehead atoms. The first-order valence-corrected chi connectivity index (χ1v) is 10.9. The van der Waals surface area contributed by atoms with Gasteiger partial charge in [0.2, 0.25) is 0 Å². The van der Waals surface area contributed by atoms with E-state index in [1.54, 1.807) is 11.3 Å². The number of aliphatic hydroxyl groups is 1. The number of fused-ring (bicyclic) bond motifs is 1. The number of carbonyl (C=O) groups excluding carboxylic acids is 1. The van der Waals surface area contributed by atoms with Crippen molar-refractivity contribution in [3.05, 3.63) is 51.2 Å². The zero-order chi connectivity index (χ0) is 21.5. The Morgan fingerprint density at radius 1 is 1.19 bits per heavy atom. The SMILES string of the molecule is Cc1cc2c(s1)CCC(CNC1CCC(Oc3ccc(C(F)(F)F)cc3)C1O)C2=O.Cl. The Labute approximate surface area is 189 Å². The van der Waals surface area contributed by atoms with E-state index in [1.165, 1.54) is 17.0 Å². The van der Waals surface area contributed by atoms with Crippen LogP contribution >= 0.6 is 23.7 Å². The monoisotopic (exact) mass is 475 g/mol. The number of alkyl halides is 3. The van der Waals surface area contributed by atoms with E-state index in [0.717, 1.165) is 35.4 Å². The van der Waals surface area contributed by atoms with Crippen LogP contribution in [0.4, 0.5) is 13.2 Å². The lowest BCUT2D eigenvalue weighted by Gasteiger charge is -2.25. The Morgan fingerprint density at radius 3 is 2.58 bits per heavy atom. The van der Waals surface area contributed by atoms with E-state index in [9.17, 15) is 23.1 Å². The molecule has 2 aromatic rings. The highest BCUT2D eigenvalue weighted by Gasteiger charge is 2.38. The van der Waals surface area contributed by atoms with E-state index in [1.807, 2.05) is 13.0 Å². The Hall–Kier alpha value is -1.61. The maximum atomic E-state index is 12.7. The van der Waals surface area contributed by atoms with Gasteiger partial charge >= 0.3 is 6.18 Å². The normalized spacial score (nSPS) is 25.8. The van der Waals surface area contributed by atoms with Crippen molar-refractivity contribution in [3.8, 4) is 5.75 Å². The number of aryl methyl sites for hydroxylation is 2. The minimum atomic E-state index is -4.39. The molecule has 0 amide bonds. The lowest BCUT2D eigenvalue weighted by atomic mass is 9.87. The summed E-state index contributed by atoms with van der Waals surface area (Å²) in [6.45, 7) is 2.51. The van der Waals surface area contributed by atoms with Crippen molar-refractivity contribution in [2.75, 3.05) is 6.54 Å². The lowest BCUT2D eigenvalue weighted by Crippen LogP contribution is -2.44. The molecule has 4 nitrogen and oxygen atoms in total. The number of benzene rings is 1. The van der Waals surface area contributed by atoms with Crippen LogP contribution in [0.2, 0.25) is 0 Å². The van der Waals surface area contributed by atoms with Crippen LogP contribution in [0.1, 0.15) is 44.9 Å². The Bertz CT molecular complexity index is 916. The highest BCUT2D eigenvalue weighted by Crippen LogP contribution is 2.33. The second-order valence-corrected chi connectivity index (χ2v) is 9.40. The van der Waals surface area contributed by atoms with Gasteiger partial charge in [-0.3, -0.25) is 4.79 Å². The summed E-state index contributed by atoms with van der Waals surface area (Å²) in [6.07, 6.45) is -2.70. The summed E-state index contributed by atoms with van der Waals surface area (Å²) < 4.78 is 43.7. The standard InChI is InChI=1S/C22H24F3NO3S.ClH/c1-12-10-16-19(30-12)9-2-13(20(16)27)11-26-17-7-8-18(21(17)28)29-15-5-3-14(4-6-15)22(23,24)25;/h3-6,10,13,17-18,21,26,28H,2,7-9,11H2,1H3;1H.